The number of esters is 2. The molecular weight excluding hydrogens is 556 g/mol. The summed E-state index contributed by atoms with van der Waals surface area (Å²) in [7, 11) is 1.01. The first kappa shape index (κ1) is 29.8. The number of carbonyl (C=O) groups excluding carboxylic acids is 4. The van der Waals surface area contributed by atoms with Gasteiger partial charge in [-0.25, -0.2) is 9.59 Å². The van der Waals surface area contributed by atoms with Crippen molar-refractivity contribution in [1.29, 1.82) is 0 Å². The van der Waals surface area contributed by atoms with Crippen LogP contribution in [-0.2, 0) is 33.4 Å². The van der Waals surface area contributed by atoms with Gasteiger partial charge < -0.3 is 44.8 Å². The molecule has 6 aliphatic rings. The highest BCUT2D eigenvalue weighted by Gasteiger charge is 2.92. The molecule has 0 aromatic carbocycles. The van der Waals surface area contributed by atoms with Crippen LogP contribution in [0.3, 0.4) is 0 Å². The highest BCUT2D eigenvalue weighted by molar-refractivity contribution is 6.00. The lowest BCUT2D eigenvalue weighted by Crippen LogP contribution is -2.78. The maximum atomic E-state index is 14.8. The summed E-state index contributed by atoms with van der Waals surface area (Å²) in [5.41, 5.74) is -15.7. The SMILES string of the molecule is COC(=O)C(C)(O)[C@@]1(C)C[C@@H](O)[C@]2(C)OC(=O)[C@@]3(O)CC[C@H]4[C@@H](C[C@@H](O)[C@@]5(O)CC=CC(=O)[C@]45C)[C@]4(O)O[C@@]23[C@H]1C4=O. The number of Topliss-reactive ketones (excluding diaryl/α,β-unsaturated/α-hetero) is 1. The number of carbonyl (C=O) groups is 4. The Labute approximate surface area is 241 Å². The number of rotatable bonds is 2. The Balaban J connectivity index is 1.65. The topological polar surface area (TPSA) is 217 Å². The molecule has 3 aliphatic carbocycles. The first-order valence-electron chi connectivity index (χ1n) is 14.2. The van der Waals surface area contributed by atoms with Crippen LogP contribution in [0.25, 0.3) is 0 Å². The van der Waals surface area contributed by atoms with E-state index in [1.54, 1.807) is 0 Å². The number of methoxy groups -OCH3 is 1. The van der Waals surface area contributed by atoms with Gasteiger partial charge in [0.2, 0.25) is 5.79 Å². The maximum absolute atomic E-state index is 14.8. The summed E-state index contributed by atoms with van der Waals surface area (Å²) < 4.78 is 16.8. The number of aliphatic hydroxyl groups excluding tert-OH is 2. The zero-order valence-electron chi connectivity index (χ0n) is 24.1. The van der Waals surface area contributed by atoms with Gasteiger partial charge in [0, 0.05) is 11.3 Å². The third-order valence-electron chi connectivity index (χ3n) is 12.6. The maximum Gasteiger partial charge on any atom is 0.342 e. The fourth-order valence-corrected chi connectivity index (χ4v) is 9.82. The second kappa shape index (κ2) is 8.06. The van der Waals surface area contributed by atoms with Crippen molar-refractivity contribution in [3.05, 3.63) is 12.2 Å². The van der Waals surface area contributed by atoms with Crippen LogP contribution in [0.2, 0.25) is 0 Å². The van der Waals surface area contributed by atoms with E-state index >= 15 is 0 Å². The first-order valence-corrected chi connectivity index (χ1v) is 14.2. The van der Waals surface area contributed by atoms with Crippen LogP contribution in [0.15, 0.2) is 12.2 Å². The Morgan fingerprint density at radius 3 is 2.33 bits per heavy atom. The van der Waals surface area contributed by atoms with Crippen LogP contribution in [-0.4, -0.2) is 107 Å². The minimum atomic E-state index is -2.91. The Morgan fingerprint density at radius 2 is 1.71 bits per heavy atom. The summed E-state index contributed by atoms with van der Waals surface area (Å²) in [6.07, 6.45) is -2.33. The van der Waals surface area contributed by atoms with Crippen molar-refractivity contribution >= 4 is 23.5 Å². The van der Waals surface area contributed by atoms with E-state index in [-0.39, 0.29) is 12.8 Å². The van der Waals surface area contributed by atoms with Crippen LogP contribution in [0.4, 0.5) is 0 Å². The van der Waals surface area contributed by atoms with Crippen molar-refractivity contribution in [2.45, 2.75) is 106 Å². The van der Waals surface area contributed by atoms with Gasteiger partial charge in [-0.15, -0.1) is 0 Å². The molecule has 13 nitrogen and oxygen atoms in total. The van der Waals surface area contributed by atoms with Crippen molar-refractivity contribution in [3.8, 4) is 0 Å². The average molecular weight is 595 g/mol. The minimum Gasteiger partial charge on any atom is -0.467 e. The molecule has 2 saturated carbocycles. The Kier molecular flexibility index (Phi) is 5.72. The third kappa shape index (κ3) is 2.72. The number of allylic oxidation sites excluding steroid dienone is 1. The predicted molar refractivity (Wildman–Crippen MR) is 137 cm³/mol. The molecular formula is C29H38O13. The van der Waals surface area contributed by atoms with E-state index in [9.17, 15) is 49.8 Å². The normalized spacial score (nSPS) is 55.9. The number of ketones is 2. The molecule has 2 bridgehead atoms. The van der Waals surface area contributed by atoms with E-state index in [4.69, 9.17) is 14.2 Å². The number of hydrogen-bond donors (Lipinski definition) is 6. The highest BCUT2D eigenvalue weighted by atomic mass is 16.7. The molecule has 6 rings (SSSR count). The second-order valence-electron chi connectivity index (χ2n) is 14.0. The summed E-state index contributed by atoms with van der Waals surface area (Å²) in [4.78, 5) is 54.9. The standard InChI is InChI=1S/C29H38O13/c1-22(24(3,36)20(34)40-5)12-17(32)25(4)29-18(22)19(33)28(39,42-29)14-11-16(31)26(37)9-6-7-15(30)23(26,2)13(14)8-10-27(29,38)21(35)41-25/h6-7,13-14,16-18,31-32,36-39H,8-12H2,1-5H3/t13-,14+,16+,17+,18-,22-,23-,24?,25-,26-,27-,28-,29-/m0/s1. The largest absolute Gasteiger partial charge is 0.467 e. The summed E-state index contributed by atoms with van der Waals surface area (Å²) in [6.45, 7) is 5.06. The second-order valence-corrected chi connectivity index (χ2v) is 14.0. The van der Waals surface area contributed by atoms with Crippen LogP contribution in [0.5, 0.6) is 0 Å². The molecule has 13 atom stereocenters. The van der Waals surface area contributed by atoms with Crippen molar-refractivity contribution in [2.75, 3.05) is 7.11 Å². The molecule has 3 aliphatic heterocycles. The zero-order valence-corrected chi connectivity index (χ0v) is 24.1. The van der Waals surface area contributed by atoms with Crippen molar-refractivity contribution < 1.29 is 64.0 Å². The summed E-state index contributed by atoms with van der Waals surface area (Å²) in [6, 6.07) is 0. The molecule has 3 heterocycles. The highest BCUT2D eigenvalue weighted by Crippen LogP contribution is 2.73. The third-order valence-corrected chi connectivity index (χ3v) is 12.6. The monoisotopic (exact) mass is 594 g/mol. The molecule has 0 amide bonds. The smallest absolute Gasteiger partial charge is 0.342 e. The Morgan fingerprint density at radius 1 is 1.07 bits per heavy atom. The Bertz CT molecular complexity index is 1340. The summed E-state index contributed by atoms with van der Waals surface area (Å²) >= 11 is 0. The van der Waals surface area contributed by atoms with Crippen molar-refractivity contribution in [3.63, 3.8) is 0 Å². The molecule has 1 unspecified atom stereocenters. The molecule has 0 aromatic heterocycles. The van der Waals surface area contributed by atoms with Gasteiger partial charge in [-0.05, 0) is 64.9 Å². The quantitative estimate of drug-likeness (QED) is 0.199. The fourth-order valence-electron chi connectivity index (χ4n) is 9.82. The minimum absolute atomic E-state index is 0.101. The molecule has 1 spiro atoms. The van der Waals surface area contributed by atoms with Gasteiger partial charge in [-0.1, -0.05) is 13.0 Å². The van der Waals surface area contributed by atoms with Gasteiger partial charge in [0.25, 0.3) is 0 Å². The lowest BCUT2D eigenvalue weighted by Gasteiger charge is -2.62. The first-order chi connectivity index (χ1) is 19.2. The van der Waals surface area contributed by atoms with Gasteiger partial charge >= 0.3 is 11.9 Å². The number of fused-ring (bicyclic) bond motifs is 5. The summed E-state index contributed by atoms with van der Waals surface area (Å²) in [5.74, 6) is -11.3. The van der Waals surface area contributed by atoms with Gasteiger partial charge in [0.05, 0.1) is 30.7 Å². The van der Waals surface area contributed by atoms with Crippen molar-refractivity contribution in [1.82, 2.24) is 0 Å². The van der Waals surface area contributed by atoms with Crippen LogP contribution < -0.4 is 0 Å². The van der Waals surface area contributed by atoms with Crippen molar-refractivity contribution in [2.24, 2.45) is 28.6 Å². The van der Waals surface area contributed by atoms with Gasteiger partial charge in [0.15, 0.2) is 34.0 Å². The number of hydrogen-bond acceptors (Lipinski definition) is 13. The molecule has 0 aromatic rings. The van der Waals surface area contributed by atoms with Crippen LogP contribution in [0.1, 0.15) is 59.8 Å². The molecule has 6 N–H and O–H groups in total. The van der Waals surface area contributed by atoms with E-state index in [0.717, 1.165) is 14.0 Å². The molecule has 5 fully saturated rings. The predicted octanol–water partition coefficient (Wildman–Crippen LogP) is -1.57. The van der Waals surface area contributed by atoms with Gasteiger partial charge in [0.1, 0.15) is 5.60 Å². The fraction of sp³-hybridized carbons (Fsp3) is 0.793. The molecule has 3 saturated heterocycles. The zero-order chi connectivity index (χ0) is 31.3. The lowest BCUT2D eigenvalue weighted by molar-refractivity contribution is -0.355. The van der Waals surface area contributed by atoms with Gasteiger partial charge in [-0.2, -0.15) is 0 Å². The van der Waals surface area contributed by atoms with Gasteiger partial charge in [-0.3, -0.25) is 9.59 Å². The molecule has 0 radical (unpaired) electrons. The van der Waals surface area contributed by atoms with E-state index in [1.165, 1.54) is 32.9 Å². The van der Waals surface area contributed by atoms with Crippen LogP contribution >= 0.6 is 0 Å². The number of aliphatic hydroxyl groups is 6. The molecule has 13 heteroatoms. The van der Waals surface area contributed by atoms with E-state index < -0.39 is 117 Å². The average Bonchev–Trinajstić information content (AvgIpc) is 3.27. The van der Waals surface area contributed by atoms with E-state index in [2.05, 4.69) is 0 Å². The summed E-state index contributed by atoms with van der Waals surface area (Å²) in [5, 5.41) is 70.9. The van der Waals surface area contributed by atoms with Crippen LogP contribution in [0, 0.1) is 28.6 Å². The van der Waals surface area contributed by atoms with E-state index in [1.807, 2.05) is 0 Å². The molecule has 42 heavy (non-hydrogen) atoms. The number of ether oxygens (including phenoxy) is 3. The van der Waals surface area contributed by atoms with E-state index in [0.29, 0.717) is 0 Å². The lowest BCUT2D eigenvalue weighted by atomic mass is 9.46. The Hall–Kier alpha value is -2.26. The molecule has 232 valence electrons.